The summed E-state index contributed by atoms with van der Waals surface area (Å²) in [5.41, 5.74) is 2.43. The van der Waals surface area contributed by atoms with Gasteiger partial charge in [-0.2, -0.15) is 0 Å². The van der Waals surface area contributed by atoms with Crippen LogP contribution in [0.25, 0.3) is 21.3 Å². The topological polar surface area (TPSA) is 50.3 Å². The van der Waals surface area contributed by atoms with Gasteiger partial charge in [-0.1, -0.05) is 30.3 Å². The second-order valence-electron chi connectivity index (χ2n) is 8.53. The monoisotopic (exact) mass is 408 g/mol. The van der Waals surface area contributed by atoms with E-state index in [1.807, 2.05) is 0 Å². The van der Waals surface area contributed by atoms with Crippen LogP contribution in [0.1, 0.15) is 31.5 Å². The van der Waals surface area contributed by atoms with E-state index < -0.39 is 0 Å². The number of anilines is 1. The normalized spacial score (nSPS) is 22.3. The van der Waals surface area contributed by atoms with Crippen LogP contribution in [0, 0.1) is 5.92 Å². The first-order valence-corrected chi connectivity index (χ1v) is 11.4. The lowest BCUT2D eigenvalue weighted by Gasteiger charge is -2.31. The Morgan fingerprint density at radius 2 is 1.97 bits per heavy atom. The fourth-order valence-corrected chi connectivity index (χ4v) is 5.19. The highest BCUT2D eigenvalue weighted by molar-refractivity contribution is 7.17. The molecule has 1 aliphatic carbocycles. The summed E-state index contributed by atoms with van der Waals surface area (Å²) in [5, 5.41) is 7.17. The van der Waals surface area contributed by atoms with Crippen molar-refractivity contribution in [3.05, 3.63) is 41.5 Å². The molecule has 6 heteroatoms. The molecule has 2 aliphatic rings. The van der Waals surface area contributed by atoms with Gasteiger partial charge in [0.05, 0.1) is 18.0 Å². The highest BCUT2D eigenvalue weighted by atomic mass is 32.1. The van der Waals surface area contributed by atoms with Gasteiger partial charge >= 0.3 is 0 Å². The number of fused-ring (bicyclic) bond motifs is 1. The standard InChI is InChI=1S/C23H28N4OS/c1-27(2)13-20-25-22(24-17-10-11-28-19(12-17)16-8-9-16)21-18(14-29-23(21)26-20)15-6-4-3-5-7-15/h3-7,14,16-17,19H,8-13H2,1-2H3,(H,24,25,26). The minimum Gasteiger partial charge on any atom is -0.378 e. The summed E-state index contributed by atoms with van der Waals surface area (Å²) in [7, 11) is 4.12. The summed E-state index contributed by atoms with van der Waals surface area (Å²) in [5.74, 6) is 2.63. The van der Waals surface area contributed by atoms with Crippen LogP contribution >= 0.6 is 11.3 Å². The van der Waals surface area contributed by atoms with Crippen molar-refractivity contribution in [2.24, 2.45) is 5.92 Å². The van der Waals surface area contributed by atoms with Crippen LogP contribution in [0.5, 0.6) is 0 Å². The number of hydrogen-bond donors (Lipinski definition) is 1. The number of nitrogens with one attached hydrogen (secondary N) is 1. The van der Waals surface area contributed by atoms with Crippen LogP contribution in [0.15, 0.2) is 35.7 Å². The van der Waals surface area contributed by atoms with Crippen molar-refractivity contribution in [1.82, 2.24) is 14.9 Å². The molecule has 2 aromatic heterocycles. The molecule has 5 rings (SSSR count). The zero-order valence-electron chi connectivity index (χ0n) is 17.1. The van der Waals surface area contributed by atoms with E-state index in [-0.39, 0.29) is 0 Å². The molecule has 5 nitrogen and oxygen atoms in total. The maximum Gasteiger partial charge on any atom is 0.146 e. The molecular weight excluding hydrogens is 380 g/mol. The number of aromatic nitrogens is 2. The highest BCUT2D eigenvalue weighted by Crippen LogP contribution is 2.40. The largest absolute Gasteiger partial charge is 0.378 e. The van der Waals surface area contributed by atoms with E-state index in [4.69, 9.17) is 14.7 Å². The molecular formula is C23H28N4OS. The lowest BCUT2D eigenvalue weighted by atomic mass is 9.99. The molecule has 1 aromatic carbocycles. The van der Waals surface area contributed by atoms with Gasteiger partial charge in [-0.05, 0) is 51.3 Å². The summed E-state index contributed by atoms with van der Waals surface area (Å²) < 4.78 is 6.03. The number of benzene rings is 1. The van der Waals surface area contributed by atoms with Crippen LogP contribution in [0.2, 0.25) is 0 Å². The maximum atomic E-state index is 6.03. The Bertz CT molecular complexity index is 983. The summed E-state index contributed by atoms with van der Waals surface area (Å²) in [6.45, 7) is 1.58. The van der Waals surface area contributed by atoms with Crippen LogP contribution < -0.4 is 5.32 Å². The molecule has 2 atom stereocenters. The van der Waals surface area contributed by atoms with Crippen LogP contribution in [-0.4, -0.2) is 47.7 Å². The lowest BCUT2D eigenvalue weighted by Crippen LogP contribution is -2.35. The first kappa shape index (κ1) is 19.0. The summed E-state index contributed by atoms with van der Waals surface area (Å²) in [6, 6.07) is 11.0. The third kappa shape index (κ3) is 4.15. The Morgan fingerprint density at radius 1 is 1.14 bits per heavy atom. The van der Waals surface area contributed by atoms with E-state index >= 15 is 0 Å². The zero-order chi connectivity index (χ0) is 19.8. The number of rotatable bonds is 6. The number of thiophene rings is 1. The maximum absolute atomic E-state index is 6.03. The van der Waals surface area contributed by atoms with E-state index in [0.717, 1.165) is 53.8 Å². The number of ether oxygens (including phenoxy) is 1. The van der Waals surface area contributed by atoms with Crippen molar-refractivity contribution in [3.63, 3.8) is 0 Å². The first-order chi connectivity index (χ1) is 14.2. The summed E-state index contributed by atoms with van der Waals surface area (Å²) in [4.78, 5) is 13.0. The molecule has 1 saturated carbocycles. The van der Waals surface area contributed by atoms with Crippen molar-refractivity contribution in [1.29, 1.82) is 0 Å². The SMILES string of the molecule is CN(C)Cc1nc(NC2CCOC(C3CC3)C2)c2c(-c3ccccc3)csc2n1. The number of hydrogen-bond acceptors (Lipinski definition) is 6. The summed E-state index contributed by atoms with van der Waals surface area (Å²) >= 11 is 1.71. The van der Waals surface area contributed by atoms with Crippen molar-refractivity contribution in [3.8, 4) is 11.1 Å². The molecule has 0 bridgehead atoms. The molecule has 2 unspecified atom stereocenters. The van der Waals surface area contributed by atoms with Gasteiger partial charge in [0.1, 0.15) is 16.5 Å². The van der Waals surface area contributed by atoms with E-state index in [1.165, 1.54) is 24.0 Å². The Balaban J connectivity index is 1.52. The Labute approximate surface area is 176 Å². The Kier molecular flexibility index (Phi) is 5.24. The van der Waals surface area contributed by atoms with Crippen molar-refractivity contribution in [2.45, 2.75) is 44.4 Å². The Hall–Kier alpha value is -2.02. The first-order valence-electron chi connectivity index (χ1n) is 10.5. The van der Waals surface area contributed by atoms with Crippen LogP contribution in [-0.2, 0) is 11.3 Å². The number of nitrogens with zero attached hydrogens (tertiary/aromatic N) is 3. The average molecular weight is 409 g/mol. The van der Waals surface area contributed by atoms with Crippen LogP contribution in [0.4, 0.5) is 5.82 Å². The van der Waals surface area contributed by atoms with Gasteiger partial charge in [-0.25, -0.2) is 9.97 Å². The molecule has 152 valence electrons. The highest BCUT2D eigenvalue weighted by Gasteiger charge is 2.36. The zero-order valence-corrected chi connectivity index (χ0v) is 17.9. The molecule has 3 aromatic rings. The molecule has 3 heterocycles. The van der Waals surface area contributed by atoms with Gasteiger partial charge in [0, 0.05) is 23.6 Å². The van der Waals surface area contributed by atoms with Crippen molar-refractivity contribution < 1.29 is 4.74 Å². The van der Waals surface area contributed by atoms with Crippen molar-refractivity contribution in [2.75, 3.05) is 26.0 Å². The second kappa shape index (κ2) is 8.01. The molecule has 0 amide bonds. The Morgan fingerprint density at radius 3 is 2.72 bits per heavy atom. The fraction of sp³-hybridized carbons (Fsp3) is 0.478. The van der Waals surface area contributed by atoms with E-state index in [9.17, 15) is 0 Å². The third-order valence-corrected chi connectivity index (χ3v) is 6.70. The molecule has 1 aliphatic heterocycles. The minimum absolute atomic E-state index is 0.406. The van der Waals surface area contributed by atoms with Gasteiger partial charge in [-0.15, -0.1) is 11.3 Å². The predicted octanol–water partition coefficient (Wildman–Crippen LogP) is 4.79. The third-order valence-electron chi connectivity index (χ3n) is 5.83. The van der Waals surface area contributed by atoms with Gasteiger partial charge < -0.3 is 15.0 Å². The minimum atomic E-state index is 0.406. The van der Waals surface area contributed by atoms with Crippen molar-refractivity contribution >= 4 is 27.4 Å². The molecule has 0 radical (unpaired) electrons. The van der Waals surface area contributed by atoms with Gasteiger partial charge in [-0.3, -0.25) is 0 Å². The fourth-order valence-electron chi connectivity index (χ4n) is 4.22. The van der Waals surface area contributed by atoms with Gasteiger partial charge in [0.25, 0.3) is 0 Å². The van der Waals surface area contributed by atoms with Gasteiger partial charge in [0.2, 0.25) is 0 Å². The molecule has 1 N–H and O–H groups in total. The molecule has 2 fully saturated rings. The quantitative estimate of drug-likeness (QED) is 0.635. The lowest BCUT2D eigenvalue weighted by molar-refractivity contribution is -0.00221. The smallest absolute Gasteiger partial charge is 0.146 e. The second-order valence-corrected chi connectivity index (χ2v) is 9.39. The average Bonchev–Trinajstić information content (AvgIpc) is 3.48. The van der Waals surface area contributed by atoms with Gasteiger partial charge in [0.15, 0.2) is 0 Å². The van der Waals surface area contributed by atoms with E-state index in [1.54, 1.807) is 11.3 Å². The molecule has 29 heavy (non-hydrogen) atoms. The molecule has 1 saturated heterocycles. The van der Waals surface area contributed by atoms with Crippen LogP contribution in [0.3, 0.4) is 0 Å². The predicted molar refractivity (Wildman–Crippen MR) is 119 cm³/mol. The molecule has 0 spiro atoms. The van der Waals surface area contributed by atoms with E-state index in [2.05, 4.69) is 60.0 Å². The summed E-state index contributed by atoms with van der Waals surface area (Å²) in [6.07, 6.45) is 5.16. The van der Waals surface area contributed by atoms with E-state index in [0.29, 0.717) is 12.1 Å².